The summed E-state index contributed by atoms with van der Waals surface area (Å²) in [4.78, 5) is 0. The third-order valence-electron chi connectivity index (χ3n) is 3.25. The zero-order valence-electron chi connectivity index (χ0n) is 11.7. The zero-order valence-corrected chi connectivity index (χ0v) is 11.7. The number of hydrogen-bond acceptors (Lipinski definition) is 1. The summed E-state index contributed by atoms with van der Waals surface area (Å²) < 4.78 is 0. The Morgan fingerprint density at radius 2 is 1.74 bits per heavy atom. The minimum Gasteiger partial charge on any atom is -0.330 e. The number of hydrogen-bond donors (Lipinski definition) is 1. The van der Waals surface area contributed by atoms with Crippen LogP contribution in [0, 0.1) is 13.8 Å². The topological polar surface area (TPSA) is 26.0 Å². The van der Waals surface area contributed by atoms with Crippen molar-refractivity contribution in [2.24, 2.45) is 5.73 Å². The van der Waals surface area contributed by atoms with Crippen molar-refractivity contribution >= 4 is 6.08 Å². The summed E-state index contributed by atoms with van der Waals surface area (Å²) in [5.74, 6) is 0. The summed E-state index contributed by atoms with van der Waals surface area (Å²) in [5, 5.41) is 0. The summed E-state index contributed by atoms with van der Waals surface area (Å²) in [5.41, 5.74) is 11.9. The van der Waals surface area contributed by atoms with Crippen molar-refractivity contribution in [1.82, 2.24) is 0 Å². The standard InChI is InChI=1S/C18H21N/c1-14-6-11-18(15(2)13-14)17-9-7-16(8-10-17)5-3-4-12-19/h3,5-11,13H,4,12,19H2,1-2H3/b5-3+. The molecule has 0 aliphatic rings. The van der Waals surface area contributed by atoms with Gasteiger partial charge in [0.15, 0.2) is 0 Å². The van der Waals surface area contributed by atoms with E-state index in [2.05, 4.69) is 68.5 Å². The Bertz CT molecular complexity index is 565. The molecular weight excluding hydrogens is 230 g/mol. The monoisotopic (exact) mass is 251 g/mol. The maximum absolute atomic E-state index is 5.47. The summed E-state index contributed by atoms with van der Waals surface area (Å²) in [6, 6.07) is 15.3. The molecule has 1 nitrogen and oxygen atoms in total. The number of benzene rings is 2. The van der Waals surface area contributed by atoms with Crippen molar-refractivity contribution in [2.75, 3.05) is 6.54 Å². The lowest BCUT2D eigenvalue weighted by Crippen LogP contribution is -1.94. The maximum Gasteiger partial charge on any atom is -0.00425 e. The Balaban J connectivity index is 2.22. The second-order valence-electron chi connectivity index (χ2n) is 4.92. The molecular formula is C18H21N. The van der Waals surface area contributed by atoms with E-state index in [0.717, 1.165) is 6.42 Å². The minimum atomic E-state index is 0.706. The molecule has 2 aromatic carbocycles. The van der Waals surface area contributed by atoms with Gasteiger partial charge in [0.1, 0.15) is 0 Å². The van der Waals surface area contributed by atoms with E-state index in [1.54, 1.807) is 0 Å². The summed E-state index contributed by atoms with van der Waals surface area (Å²) in [6.45, 7) is 5.00. The second kappa shape index (κ2) is 6.35. The Labute approximate surface area is 115 Å². The van der Waals surface area contributed by atoms with E-state index >= 15 is 0 Å². The second-order valence-corrected chi connectivity index (χ2v) is 4.92. The predicted molar refractivity (Wildman–Crippen MR) is 84.1 cm³/mol. The molecule has 2 aromatic rings. The van der Waals surface area contributed by atoms with Crippen LogP contribution in [0.3, 0.4) is 0 Å². The largest absolute Gasteiger partial charge is 0.330 e. The van der Waals surface area contributed by atoms with Crippen LogP contribution in [0.4, 0.5) is 0 Å². The molecule has 19 heavy (non-hydrogen) atoms. The van der Waals surface area contributed by atoms with Crippen LogP contribution in [0.1, 0.15) is 23.1 Å². The van der Waals surface area contributed by atoms with Crippen LogP contribution < -0.4 is 5.73 Å². The number of rotatable bonds is 4. The SMILES string of the molecule is Cc1ccc(-c2ccc(/C=C/CCN)cc2)c(C)c1. The van der Waals surface area contributed by atoms with Crippen LogP contribution in [-0.4, -0.2) is 6.54 Å². The van der Waals surface area contributed by atoms with Crippen molar-refractivity contribution in [1.29, 1.82) is 0 Å². The lowest BCUT2D eigenvalue weighted by molar-refractivity contribution is 1.01. The molecule has 1 heteroatoms. The predicted octanol–water partition coefficient (Wildman–Crippen LogP) is 4.33. The molecule has 0 bridgehead atoms. The highest BCUT2D eigenvalue weighted by Gasteiger charge is 2.01. The summed E-state index contributed by atoms with van der Waals surface area (Å²) in [6.07, 6.45) is 5.17. The van der Waals surface area contributed by atoms with E-state index in [1.165, 1.54) is 27.8 Å². The van der Waals surface area contributed by atoms with Gasteiger partial charge in [-0.25, -0.2) is 0 Å². The quantitative estimate of drug-likeness (QED) is 0.859. The van der Waals surface area contributed by atoms with Crippen LogP contribution in [0.15, 0.2) is 48.5 Å². The molecule has 0 aromatic heterocycles. The molecule has 98 valence electrons. The highest BCUT2D eigenvalue weighted by atomic mass is 14.5. The third-order valence-corrected chi connectivity index (χ3v) is 3.25. The van der Waals surface area contributed by atoms with E-state index in [9.17, 15) is 0 Å². The molecule has 0 saturated carbocycles. The van der Waals surface area contributed by atoms with Gasteiger partial charge in [0.05, 0.1) is 0 Å². The molecule has 0 amide bonds. The lowest BCUT2D eigenvalue weighted by atomic mass is 9.98. The van der Waals surface area contributed by atoms with Crippen LogP contribution in [0.5, 0.6) is 0 Å². The fourth-order valence-electron chi connectivity index (χ4n) is 2.23. The van der Waals surface area contributed by atoms with Crippen LogP contribution in [0.2, 0.25) is 0 Å². The molecule has 0 aliphatic heterocycles. The van der Waals surface area contributed by atoms with Gasteiger partial charge in [-0.05, 0) is 49.1 Å². The summed E-state index contributed by atoms with van der Waals surface area (Å²) >= 11 is 0. The van der Waals surface area contributed by atoms with Gasteiger partial charge >= 0.3 is 0 Å². The van der Waals surface area contributed by atoms with Gasteiger partial charge in [-0.15, -0.1) is 0 Å². The minimum absolute atomic E-state index is 0.706. The Hall–Kier alpha value is -1.86. The third kappa shape index (κ3) is 3.55. The molecule has 0 heterocycles. The van der Waals surface area contributed by atoms with E-state index in [0.29, 0.717) is 6.54 Å². The highest BCUT2D eigenvalue weighted by molar-refractivity contribution is 5.69. The highest BCUT2D eigenvalue weighted by Crippen LogP contribution is 2.24. The van der Waals surface area contributed by atoms with Gasteiger partial charge in [0.25, 0.3) is 0 Å². The molecule has 0 atom stereocenters. The first-order valence-corrected chi connectivity index (χ1v) is 6.75. The van der Waals surface area contributed by atoms with E-state index in [4.69, 9.17) is 5.73 Å². The molecule has 0 aliphatic carbocycles. The number of aryl methyl sites for hydroxylation is 2. The van der Waals surface area contributed by atoms with Crippen molar-refractivity contribution in [3.05, 3.63) is 65.2 Å². The zero-order chi connectivity index (χ0) is 13.7. The van der Waals surface area contributed by atoms with Crippen LogP contribution in [-0.2, 0) is 0 Å². The van der Waals surface area contributed by atoms with Crippen molar-refractivity contribution in [3.63, 3.8) is 0 Å². The van der Waals surface area contributed by atoms with Gasteiger partial charge < -0.3 is 5.73 Å². The number of nitrogens with two attached hydrogens (primary N) is 1. The van der Waals surface area contributed by atoms with E-state index < -0.39 is 0 Å². The van der Waals surface area contributed by atoms with E-state index in [-0.39, 0.29) is 0 Å². The Kier molecular flexibility index (Phi) is 4.53. The molecule has 2 N–H and O–H groups in total. The molecule has 0 saturated heterocycles. The first-order valence-electron chi connectivity index (χ1n) is 6.75. The molecule has 0 radical (unpaired) electrons. The fraction of sp³-hybridized carbons (Fsp3) is 0.222. The van der Waals surface area contributed by atoms with Gasteiger partial charge in [0, 0.05) is 0 Å². The van der Waals surface area contributed by atoms with Gasteiger partial charge in [-0.2, -0.15) is 0 Å². The van der Waals surface area contributed by atoms with Crippen molar-refractivity contribution in [2.45, 2.75) is 20.3 Å². The lowest BCUT2D eigenvalue weighted by Gasteiger charge is -2.07. The Morgan fingerprint density at radius 1 is 1.00 bits per heavy atom. The van der Waals surface area contributed by atoms with E-state index in [1.807, 2.05) is 0 Å². The van der Waals surface area contributed by atoms with Crippen molar-refractivity contribution in [3.8, 4) is 11.1 Å². The first kappa shape index (κ1) is 13.6. The molecule has 0 spiro atoms. The van der Waals surface area contributed by atoms with Crippen molar-refractivity contribution < 1.29 is 0 Å². The Morgan fingerprint density at radius 3 is 2.37 bits per heavy atom. The normalized spacial score (nSPS) is 11.1. The first-order chi connectivity index (χ1) is 9.20. The maximum atomic E-state index is 5.47. The van der Waals surface area contributed by atoms with Gasteiger partial charge in [-0.3, -0.25) is 0 Å². The molecule has 0 unspecified atom stereocenters. The average molecular weight is 251 g/mol. The fourth-order valence-corrected chi connectivity index (χ4v) is 2.23. The molecule has 0 fully saturated rings. The van der Waals surface area contributed by atoms with Gasteiger partial charge in [0.2, 0.25) is 0 Å². The average Bonchev–Trinajstić information content (AvgIpc) is 2.40. The smallest absolute Gasteiger partial charge is 0.00425 e. The van der Waals surface area contributed by atoms with Crippen LogP contribution in [0.25, 0.3) is 17.2 Å². The van der Waals surface area contributed by atoms with Gasteiger partial charge in [-0.1, -0.05) is 60.2 Å². The summed E-state index contributed by atoms with van der Waals surface area (Å²) in [7, 11) is 0. The molecule has 2 rings (SSSR count). The van der Waals surface area contributed by atoms with Crippen LogP contribution >= 0.6 is 0 Å².